The van der Waals surface area contributed by atoms with Gasteiger partial charge in [-0.2, -0.15) is 0 Å². The third kappa shape index (κ3) is 4.33. The van der Waals surface area contributed by atoms with Crippen LogP contribution >= 0.6 is 11.3 Å². The Hall–Kier alpha value is -1.71. The molecule has 2 aliphatic heterocycles. The lowest BCUT2D eigenvalue weighted by Gasteiger charge is -2.40. The number of piperidine rings is 1. The van der Waals surface area contributed by atoms with E-state index in [9.17, 15) is 18.0 Å². The molecule has 2 amide bonds. The Kier molecular flexibility index (Phi) is 5.79. The molecule has 0 aliphatic carbocycles. The smallest absolute Gasteiger partial charge is 0.250 e. The van der Waals surface area contributed by atoms with Crippen LogP contribution in [0.2, 0.25) is 0 Å². The molecule has 0 bridgehead atoms. The molecule has 3 heterocycles. The van der Waals surface area contributed by atoms with Crippen molar-refractivity contribution in [3.05, 3.63) is 30.2 Å². The summed E-state index contributed by atoms with van der Waals surface area (Å²) in [5, 5.41) is 1.74. The molecule has 142 valence electrons. The molecule has 9 heteroatoms. The van der Waals surface area contributed by atoms with Crippen LogP contribution in [-0.4, -0.2) is 62.3 Å². The van der Waals surface area contributed by atoms with Gasteiger partial charge in [0.25, 0.3) is 0 Å². The predicted molar refractivity (Wildman–Crippen MR) is 99.1 cm³/mol. The molecular formula is C17H23N3O4S2. The minimum Gasteiger partial charge on any atom is -0.343 e. The largest absolute Gasteiger partial charge is 0.343 e. The van der Waals surface area contributed by atoms with Crippen molar-refractivity contribution >= 4 is 33.2 Å². The quantitative estimate of drug-likeness (QED) is 0.727. The first kappa shape index (κ1) is 19.1. The lowest BCUT2D eigenvalue weighted by atomic mass is 9.94. The third-order valence-electron chi connectivity index (χ3n) is 4.84. The minimum absolute atomic E-state index is 0.0836. The van der Waals surface area contributed by atoms with Crippen molar-refractivity contribution in [3.8, 4) is 0 Å². The fourth-order valence-electron chi connectivity index (χ4n) is 3.32. The highest BCUT2D eigenvalue weighted by Gasteiger charge is 2.33. The Morgan fingerprint density at radius 3 is 2.54 bits per heavy atom. The van der Waals surface area contributed by atoms with Gasteiger partial charge in [-0.3, -0.25) is 9.59 Å². The lowest BCUT2D eigenvalue weighted by molar-refractivity contribution is -0.139. The maximum absolute atomic E-state index is 12.4. The van der Waals surface area contributed by atoms with Crippen molar-refractivity contribution in [3.63, 3.8) is 0 Å². The Bertz CT molecular complexity index is 762. The van der Waals surface area contributed by atoms with Crippen LogP contribution in [0, 0.1) is 5.92 Å². The molecule has 2 fully saturated rings. The molecule has 1 aromatic heterocycles. The summed E-state index contributed by atoms with van der Waals surface area (Å²) in [6, 6.07) is 3.16. The molecule has 0 aromatic carbocycles. The topological polar surface area (TPSA) is 86.8 Å². The first-order valence-corrected chi connectivity index (χ1v) is 11.0. The van der Waals surface area contributed by atoms with Gasteiger partial charge in [0.2, 0.25) is 21.8 Å². The number of sulfonamides is 1. The molecule has 0 unspecified atom stereocenters. The number of amides is 2. The van der Waals surface area contributed by atoms with E-state index in [0.717, 1.165) is 0 Å². The predicted octanol–water partition coefficient (Wildman–Crippen LogP) is 1.05. The summed E-state index contributed by atoms with van der Waals surface area (Å²) >= 11 is 1.19. The lowest BCUT2D eigenvalue weighted by Crippen LogP contribution is -2.52. The van der Waals surface area contributed by atoms with Crippen LogP contribution in [0.5, 0.6) is 0 Å². The first-order chi connectivity index (χ1) is 12.4. The van der Waals surface area contributed by atoms with Gasteiger partial charge in [-0.25, -0.2) is 13.1 Å². The van der Waals surface area contributed by atoms with Crippen LogP contribution in [0.1, 0.15) is 19.3 Å². The molecule has 26 heavy (non-hydrogen) atoms. The third-order valence-corrected chi connectivity index (χ3v) is 7.75. The Labute approximate surface area is 157 Å². The summed E-state index contributed by atoms with van der Waals surface area (Å²) in [6.07, 6.45) is 2.96. The number of nitrogens with zero attached hydrogens (tertiary/aromatic N) is 2. The fourth-order valence-corrected chi connectivity index (χ4v) is 5.64. The normalized spacial score (nSPS) is 19.2. The molecule has 3 rings (SSSR count). The number of rotatable bonds is 6. The Morgan fingerprint density at radius 2 is 1.96 bits per heavy atom. The van der Waals surface area contributed by atoms with Crippen molar-refractivity contribution in [2.75, 3.05) is 26.2 Å². The molecule has 0 saturated carbocycles. The van der Waals surface area contributed by atoms with Gasteiger partial charge < -0.3 is 9.80 Å². The molecular weight excluding hydrogens is 374 g/mol. The van der Waals surface area contributed by atoms with Gasteiger partial charge in [-0.1, -0.05) is 12.6 Å². The second-order valence-corrected chi connectivity index (χ2v) is 9.61. The fraction of sp³-hybridized carbons (Fsp3) is 0.529. The van der Waals surface area contributed by atoms with Crippen molar-refractivity contribution in [1.29, 1.82) is 0 Å². The minimum atomic E-state index is -3.47. The number of carbonyl (C=O) groups is 2. The standard InChI is InChI=1S/C17H23N3O4S2/c1-2-15(21)20-11-13(12-20)10-16(22)19-7-5-14(6-8-19)18-26(23,24)17-4-3-9-25-17/h2-4,9,13-14,18H,1,5-8,10-12H2. The van der Waals surface area contributed by atoms with Gasteiger partial charge in [0.1, 0.15) is 4.21 Å². The molecule has 0 atom stereocenters. The number of nitrogens with one attached hydrogen (secondary N) is 1. The van der Waals surface area contributed by atoms with E-state index >= 15 is 0 Å². The van der Waals surface area contributed by atoms with Gasteiger partial charge in [-0.05, 0) is 30.4 Å². The van der Waals surface area contributed by atoms with Crippen LogP contribution < -0.4 is 4.72 Å². The summed E-state index contributed by atoms with van der Waals surface area (Å²) < 4.78 is 27.6. The van der Waals surface area contributed by atoms with Crippen molar-refractivity contribution in [1.82, 2.24) is 14.5 Å². The number of hydrogen-bond acceptors (Lipinski definition) is 5. The second kappa shape index (κ2) is 7.89. The van der Waals surface area contributed by atoms with Gasteiger partial charge >= 0.3 is 0 Å². The van der Waals surface area contributed by atoms with Crippen LogP contribution in [0.25, 0.3) is 0 Å². The van der Waals surface area contributed by atoms with E-state index in [1.807, 2.05) is 0 Å². The van der Waals surface area contributed by atoms with Crippen molar-refractivity contribution in [2.24, 2.45) is 5.92 Å². The Morgan fingerprint density at radius 1 is 1.27 bits per heavy atom. The van der Waals surface area contributed by atoms with Gasteiger partial charge in [-0.15, -0.1) is 11.3 Å². The van der Waals surface area contributed by atoms with E-state index in [4.69, 9.17) is 0 Å². The zero-order valence-electron chi connectivity index (χ0n) is 14.5. The van der Waals surface area contributed by atoms with Crippen LogP contribution in [0.3, 0.4) is 0 Å². The summed E-state index contributed by atoms with van der Waals surface area (Å²) in [7, 11) is -3.47. The van der Waals surface area contributed by atoms with Crippen LogP contribution in [-0.2, 0) is 19.6 Å². The zero-order chi connectivity index (χ0) is 18.7. The van der Waals surface area contributed by atoms with Gasteiger partial charge in [0.15, 0.2) is 0 Å². The van der Waals surface area contributed by atoms with Gasteiger partial charge in [0.05, 0.1) is 0 Å². The zero-order valence-corrected chi connectivity index (χ0v) is 16.1. The summed E-state index contributed by atoms with van der Waals surface area (Å²) in [6.45, 7) is 5.77. The summed E-state index contributed by atoms with van der Waals surface area (Å²) in [4.78, 5) is 27.3. The van der Waals surface area contributed by atoms with E-state index in [2.05, 4.69) is 11.3 Å². The van der Waals surface area contributed by atoms with Crippen LogP contribution in [0.4, 0.5) is 0 Å². The molecule has 2 saturated heterocycles. The second-order valence-electron chi connectivity index (χ2n) is 6.73. The molecule has 7 nitrogen and oxygen atoms in total. The summed E-state index contributed by atoms with van der Waals surface area (Å²) in [5.41, 5.74) is 0. The average Bonchev–Trinajstić information content (AvgIpc) is 3.13. The maximum Gasteiger partial charge on any atom is 0.250 e. The van der Waals surface area contributed by atoms with E-state index < -0.39 is 10.0 Å². The average molecular weight is 398 g/mol. The molecule has 1 N–H and O–H groups in total. The number of likely N-dealkylation sites (tertiary alicyclic amines) is 2. The Balaban J connectivity index is 1.42. The summed E-state index contributed by atoms with van der Waals surface area (Å²) in [5.74, 6) is 0.203. The highest BCUT2D eigenvalue weighted by Crippen LogP contribution is 2.23. The number of hydrogen-bond donors (Lipinski definition) is 1. The highest BCUT2D eigenvalue weighted by atomic mass is 32.2. The van der Waals surface area contributed by atoms with E-state index in [1.165, 1.54) is 17.4 Å². The molecule has 0 radical (unpaired) electrons. The van der Waals surface area contributed by atoms with Crippen molar-refractivity contribution < 1.29 is 18.0 Å². The molecule has 2 aliphatic rings. The number of thiophene rings is 1. The van der Waals surface area contributed by atoms with Gasteiger partial charge in [0, 0.05) is 44.6 Å². The molecule has 0 spiro atoms. The van der Waals surface area contributed by atoms with E-state index in [1.54, 1.807) is 27.3 Å². The maximum atomic E-state index is 12.4. The monoisotopic (exact) mass is 397 g/mol. The highest BCUT2D eigenvalue weighted by molar-refractivity contribution is 7.91. The first-order valence-electron chi connectivity index (χ1n) is 8.64. The van der Waals surface area contributed by atoms with Crippen molar-refractivity contribution in [2.45, 2.75) is 29.5 Å². The number of carbonyl (C=O) groups excluding carboxylic acids is 2. The van der Waals surface area contributed by atoms with E-state index in [0.29, 0.717) is 49.7 Å². The van der Waals surface area contributed by atoms with E-state index in [-0.39, 0.29) is 23.8 Å². The molecule has 1 aromatic rings. The van der Waals surface area contributed by atoms with Crippen LogP contribution in [0.15, 0.2) is 34.4 Å². The SMILES string of the molecule is C=CC(=O)N1CC(CC(=O)N2CCC(NS(=O)(=O)c3cccs3)CC2)C1.